The summed E-state index contributed by atoms with van der Waals surface area (Å²) in [6.45, 7) is 10.2. The molecule has 1 aromatic heterocycles. The molecule has 0 saturated carbocycles. The van der Waals surface area contributed by atoms with Crippen molar-refractivity contribution in [2.75, 3.05) is 5.75 Å². The van der Waals surface area contributed by atoms with Crippen LogP contribution in [-0.2, 0) is 39.0 Å². The number of aliphatic hydroxyl groups excluding tert-OH is 1. The van der Waals surface area contributed by atoms with E-state index in [9.17, 15) is 29.7 Å². The molecule has 4 aliphatic rings. The summed E-state index contributed by atoms with van der Waals surface area (Å²) in [5.41, 5.74) is 8.74. The second-order valence-electron chi connectivity index (χ2n) is 12.5. The third kappa shape index (κ3) is 6.43. The molecule has 44 heavy (non-hydrogen) atoms. The molecule has 5 rings (SSSR count). The Morgan fingerprint density at radius 3 is 2.32 bits per heavy atom. The van der Waals surface area contributed by atoms with Crippen LogP contribution >= 0.6 is 0 Å². The first-order valence-electron chi connectivity index (χ1n) is 15.6. The molecule has 11 heteroatoms. The number of aliphatic carboxylic acids is 2. The Morgan fingerprint density at radius 1 is 1.02 bits per heavy atom. The molecular formula is C33H45N4O6S+. The Labute approximate surface area is 262 Å². The SMILES string of the molecule is CCC1=C(O)N[C@H](CC2N/C(=C\c3[nH]c(C[C@@H]4NC(=O)C(C)/C4=C4/C[SH+]4)c(C)c3CCC(=O)O)C(CCC(=O)O)=C2C)C1C. The van der Waals surface area contributed by atoms with Crippen LogP contribution in [0.25, 0.3) is 6.08 Å². The van der Waals surface area contributed by atoms with Gasteiger partial charge in [0.05, 0.1) is 12.0 Å². The molecule has 0 aromatic carbocycles. The summed E-state index contributed by atoms with van der Waals surface area (Å²) in [5, 5.41) is 39.5. The van der Waals surface area contributed by atoms with Crippen molar-refractivity contribution < 1.29 is 29.7 Å². The average molecular weight is 626 g/mol. The van der Waals surface area contributed by atoms with Crippen molar-refractivity contribution in [2.45, 2.75) is 97.7 Å². The topological polar surface area (TPSA) is 164 Å². The van der Waals surface area contributed by atoms with Crippen molar-refractivity contribution in [3.05, 3.63) is 61.3 Å². The molecule has 1 aromatic rings. The lowest BCUT2D eigenvalue weighted by Crippen LogP contribution is -2.36. The summed E-state index contributed by atoms with van der Waals surface area (Å²) in [6.07, 6.45) is 4.78. The van der Waals surface area contributed by atoms with Gasteiger partial charge in [0.2, 0.25) is 5.91 Å². The predicted octanol–water partition coefficient (Wildman–Crippen LogP) is 3.77. The standard InChI is InChI=1S/C33H44N4O6S/c1-6-19-15(2)24(36-33(19)43)11-22-16(3)20(7-9-29(38)39)25(34-22)13-26-21(8-10-30(40)41)17(4)23(35-26)12-27-31(28-14-44-28)18(5)32(42)37-27/h13,15,18,22,24,27,34-36,43H,6-12,14H2,1-5H3,(H,37,42)(H,38,39)(H,40,41)/p+1/b25-13-,31-28+/t15?,18?,22?,24-,27+/m1/s1. The Kier molecular flexibility index (Phi) is 9.25. The number of nitrogens with one attached hydrogen (secondary N) is 4. The number of hydrogen-bond donors (Lipinski definition) is 7. The first kappa shape index (κ1) is 31.8. The lowest BCUT2D eigenvalue weighted by Gasteiger charge is -2.23. The molecular weight excluding hydrogens is 580 g/mol. The zero-order valence-corrected chi connectivity index (χ0v) is 27.0. The van der Waals surface area contributed by atoms with Crippen LogP contribution in [0.1, 0.15) is 82.3 Å². The van der Waals surface area contributed by atoms with Gasteiger partial charge in [-0.3, -0.25) is 14.4 Å². The molecule has 238 valence electrons. The summed E-state index contributed by atoms with van der Waals surface area (Å²) in [7, 11) is 0. The molecule has 0 bridgehead atoms. The van der Waals surface area contributed by atoms with Crippen LogP contribution in [0.5, 0.6) is 0 Å². The Hall–Kier alpha value is -3.60. The maximum Gasteiger partial charge on any atom is 0.303 e. The van der Waals surface area contributed by atoms with E-state index < -0.39 is 11.9 Å². The minimum atomic E-state index is -0.874. The third-order valence-electron chi connectivity index (χ3n) is 9.90. The van der Waals surface area contributed by atoms with E-state index in [4.69, 9.17) is 0 Å². The maximum atomic E-state index is 12.6. The van der Waals surface area contributed by atoms with Gasteiger partial charge in [0.1, 0.15) is 0 Å². The van der Waals surface area contributed by atoms with Crippen LogP contribution in [0.2, 0.25) is 0 Å². The number of rotatable bonds is 12. The number of thiol groups is 1. The van der Waals surface area contributed by atoms with E-state index in [0.717, 1.165) is 57.1 Å². The van der Waals surface area contributed by atoms with Gasteiger partial charge in [0.25, 0.3) is 0 Å². The molecule has 3 unspecified atom stereocenters. The number of H-pyrrole nitrogens is 1. The molecule has 0 spiro atoms. The average Bonchev–Trinajstić information content (AvgIpc) is 3.53. The lowest BCUT2D eigenvalue weighted by atomic mass is 9.89. The highest BCUT2D eigenvalue weighted by atomic mass is 32.2. The van der Waals surface area contributed by atoms with E-state index in [1.165, 1.54) is 22.2 Å². The van der Waals surface area contributed by atoms with E-state index in [2.05, 4.69) is 27.9 Å². The summed E-state index contributed by atoms with van der Waals surface area (Å²) in [6, 6.07) is -0.0935. The second-order valence-corrected chi connectivity index (χ2v) is 13.7. The fraction of sp³-hybridized carbons (Fsp3) is 0.545. The Morgan fingerprint density at radius 2 is 1.70 bits per heavy atom. The zero-order valence-electron chi connectivity index (χ0n) is 26.1. The van der Waals surface area contributed by atoms with Crippen molar-refractivity contribution in [1.29, 1.82) is 0 Å². The highest BCUT2D eigenvalue weighted by molar-refractivity contribution is 7.91. The smallest absolute Gasteiger partial charge is 0.303 e. The predicted molar refractivity (Wildman–Crippen MR) is 172 cm³/mol. The molecule has 0 radical (unpaired) electrons. The molecule has 7 N–H and O–H groups in total. The minimum Gasteiger partial charge on any atom is -0.495 e. The quantitative estimate of drug-likeness (QED) is 0.105. The summed E-state index contributed by atoms with van der Waals surface area (Å²) in [4.78, 5) is 40.7. The number of carbonyl (C=O) groups excluding carboxylic acids is 1. The van der Waals surface area contributed by atoms with Crippen LogP contribution in [0.4, 0.5) is 0 Å². The number of aromatic amines is 1. The lowest BCUT2D eigenvalue weighted by molar-refractivity contribution is -0.138. The largest absolute Gasteiger partial charge is 0.495 e. The molecule has 0 aliphatic carbocycles. The zero-order chi connectivity index (χ0) is 31.9. The van der Waals surface area contributed by atoms with E-state index >= 15 is 0 Å². The third-order valence-corrected chi connectivity index (χ3v) is 10.8. The van der Waals surface area contributed by atoms with E-state index in [1.54, 1.807) is 0 Å². The molecule has 2 fully saturated rings. The molecule has 10 nitrogen and oxygen atoms in total. The van der Waals surface area contributed by atoms with Gasteiger partial charge in [-0.2, -0.15) is 0 Å². The normalized spacial score (nSPS) is 29.0. The molecule has 5 atom stereocenters. The number of carboxylic acid groups (broad SMARTS) is 2. The van der Waals surface area contributed by atoms with Crippen molar-refractivity contribution in [3.63, 3.8) is 0 Å². The fourth-order valence-corrected chi connectivity index (χ4v) is 7.98. The summed E-state index contributed by atoms with van der Waals surface area (Å²) < 4.78 is 0. The van der Waals surface area contributed by atoms with Crippen LogP contribution in [0.15, 0.2) is 38.8 Å². The van der Waals surface area contributed by atoms with Crippen LogP contribution < -0.4 is 16.0 Å². The maximum absolute atomic E-state index is 12.6. The highest BCUT2D eigenvalue weighted by Gasteiger charge is 2.44. The number of allylic oxidation sites excluding steroid dienone is 1. The van der Waals surface area contributed by atoms with Gasteiger partial charge in [-0.05, 0) is 80.4 Å². The van der Waals surface area contributed by atoms with Gasteiger partial charge in [0.15, 0.2) is 16.5 Å². The van der Waals surface area contributed by atoms with Crippen molar-refractivity contribution in [3.8, 4) is 0 Å². The van der Waals surface area contributed by atoms with Gasteiger partial charge in [0, 0.05) is 71.7 Å². The van der Waals surface area contributed by atoms with E-state index in [-0.39, 0.29) is 54.6 Å². The Bertz CT molecular complexity index is 1500. The first-order chi connectivity index (χ1) is 20.9. The van der Waals surface area contributed by atoms with Crippen molar-refractivity contribution >= 4 is 35.7 Å². The van der Waals surface area contributed by atoms with Gasteiger partial charge in [-0.25, -0.2) is 0 Å². The highest BCUT2D eigenvalue weighted by Crippen LogP contribution is 2.38. The van der Waals surface area contributed by atoms with Crippen LogP contribution in [-0.4, -0.2) is 62.0 Å². The summed E-state index contributed by atoms with van der Waals surface area (Å²) in [5.74, 6) is -0.386. The number of aliphatic hydroxyl groups is 1. The molecule has 2 saturated heterocycles. The first-order valence-corrected chi connectivity index (χ1v) is 16.7. The number of carbonyl (C=O) groups is 3. The van der Waals surface area contributed by atoms with E-state index in [0.29, 0.717) is 25.7 Å². The van der Waals surface area contributed by atoms with Crippen molar-refractivity contribution in [1.82, 2.24) is 20.9 Å². The molecule has 5 heterocycles. The van der Waals surface area contributed by atoms with Gasteiger partial charge < -0.3 is 36.3 Å². The number of aromatic nitrogens is 1. The molecule has 4 aliphatic heterocycles. The number of amides is 1. The minimum absolute atomic E-state index is 0.00393. The monoisotopic (exact) mass is 625 g/mol. The van der Waals surface area contributed by atoms with Crippen molar-refractivity contribution in [2.24, 2.45) is 11.8 Å². The van der Waals surface area contributed by atoms with Gasteiger partial charge >= 0.3 is 11.9 Å². The van der Waals surface area contributed by atoms with E-state index in [1.807, 2.05) is 33.8 Å². The Balaban J connectivity index is 1.46. The van der Waals surface area contributed by atoms with Gasteiger partial charge in [-0.15, -0.1) is 0 Å². The number of hydrogen-bond acceptors (Lipinski definition) is 6. The number of carboxylic acids is 2. The fourth-order valence-electron chi connectivity index (χ4n) is 7.19. The molecule has 1 amide bonds. The van der Waals surface area contributed by atoms with Crippen LogP contribution in [0.3, 0.4) is 0 Å². The summed E-state index contributed by atoms with van der Waals surface area (Å²) >= 11 is 1.29. The van der Waals surface area contributed by atoms with Gasteiger partial charge in [-0.1, -0.05) is 13.8 Å². The van der Waals surface area contributed by atoms with Crippen LogP contribution in [0, 0.1) is 18.8 Å². The second kappa shape index (κ2) is 12.8.